The summed E-state index contributed by atoms with van der Waals surface area (Å²) in [6, 6.07) is 0. The molecule has 0 aliphatic carbocycles. The monoisotopic (exact) mass is 279 g/mol. The molecule has 2 rings (SSSR count). The Kier molecular flexibility index (Phi) is 3.38. The van der Waals surface area contributed by atoms with Crippen LogP contribution in [0, 0.1) is 0 Å². The molecule has 102 valence electrons. The average molecular weight is 279 g/mol. The van der Waals surface area contributed by atoms with E-state index >= 15 is 0 Å². The number of hydrogen-bond donors (Lipinski definition) is 3. The van der Waals surface area contributed by atoms with E-state index in [2.05, 4.69) is 10.1 Å². The van der Waals surface area contributed by atoms with E-state index in [1.807, 2.05) is 0 Å². The number of sulfone groups is 1. The molecule has 0 bridgehead atoms. The van der Waals surface area contributed by atoms with Crippen LogP contribution in [-0.2, 0) is 14.6 Å². The van der Waals surface area contributed by atoms with Crippen molar-refractivity contribution in [1.29, 1.82) is 0 Å². The Balaban J connectivity index is 2.25. The summed E-state index contributed by atoms with van der Waals surface area (Å²) in [5.41, 5.74) is 0. The second kappa shape index (κ2) is 4.55. The highest BCUT2D eigenvalue weighted by atomic mass is 32.2. The third-order valence-electron chi connectivity index (χ3n) is 2.60. The molecule has 1 aromatic rings. The fraction of sp³-hybridized carbons (Fsp3) is 0.750. The van der Waals surface area contributed by atoms with Gasteiger partial charge < -0.3 is 20.1 Å². The molecule has 9 nitrogen and oxygen atoms in total. The van der Waals surface area contributed by atoms with Gasteiger partial charge in [0.2, 0.25) is 9.84 Å². The molecule has 0 saturated carbocycles. The lowest BCUT2D eigenvalue weighted by molar-refractivity contribution is -0.0592. The molecule has 1 aliphatic heterocycles. The number of aliphatic hydroxyl groups is 3. The molecule has 1 fully saturated rings. The number of ether oxygens (including phenoxy) is 1. The highest BCUT2D eigenvalue weighted by Crippen LogP contribution is 2.28. The van der Waals surface area contributed by atoms with Crippen LogP contribution in [0.2, 0.25) is 0 Å². The first-order chi connectivity index (χ1) is 8.34. The van der Waals surface area contributed by atoms with E-state index in [9.17, 15) is 18.6 Å². The highest BCUT2D eigenvalue weighted by molar-refractivity contribution is 7.90. The lowest BCUT2D eigenvalue weighted by atomic mass is 10.1. The van der Waals surface area contributed by atoms with Crippen LogP contribution in [0.4, 0.5) is 0 Å². The fourth-order valence-electron chi connectivity index (χ4n) is 1.65. The van der Waals surface area contributed by atoms with Gasteiger partial charge in [-0.05, 0) is 0 Å². The van der Waals surface area contributed by atoms with Crippen molar-refractivity contribution in [3.8, 4) is 0 Å². The van der Waals surface area contributed by atoms with Crippen molar-refractivity contribution in [3.05, 3.63) is 6.33 Å². The highest BCUT2D eigenvalue weighted by Gasteiger charge is 2.44. The Labute approximate surface area is 103 Å². The van der Waals surface area contributed by atoms with Crippen LogP contribution in [0.5, 0.6) is 0 Å². The minimum absolute atomic E-state index is 0.403. The predicted molar refractivity (Wildman–Crippen MR) is 56.1 cm³/mol. The third kappa shape index (κ3) is 2.24. The minimum Gasteiger partial charge on any atom is -0.394 e. The van der Waals surface area contributed by atoms with Crippen molar-refractivity contribution in [2.45, 2.75) is 29.7 Å². The maximum atomic E-state index is 11.2. The molecule has 0 unspecified atom stereocenters. The Morgan fingerprint density at radius 2 is 2.11 bits per heavy atom. The van der Waals surface area contributed by atoms with Crippen LogP contribution in [0.3, 0.4) is 0 Å². The van der Waals surface area contributed by atoms with E-state index in [4.69, 9.17) is 9.84 Å². The summed E-state index contributed by atoms with van der Waals surface area (Å²) in [7, 11) is -3.55. The van der Waals surface area contributed by atoms with E-state index < -0.39 is 46.1 Å². The van der Waals surface area contributed by atoms with Crippen molar-refractivity contribution < 1.29 is 28.5 Å². The Hall–Kier alpha value is -1.07. The molecule has 0 aromatic carbocycles. The van der Waals surface area contributed by atoms with Crippen LogP contribution in [-0.4, -0.2) is 69.7 Å². The second-order valence-electron chi connectivity index (χ2n) is 4.01. The molecule has 1 aromatic heterocycles. The van der Waals surface area contributed by atoms with Crippen LogP contribution in [0.25, 0.3) is 0 Å². The molecule has 0 amide bonds. The van der Waals surface area contributed by atoms with Gasteiger partial charge >= 0.3 is 0 Å². The lowest BCUT2D eigenvalue weighted by Crippen LogP contribution is -2.33. The Morgan fingerprint density at radius 3 is 2.56 bits per heavy atom. The largest absolute Gasteiger partial charge is 0.394 e. The topological polar surface area (TPSA) is 135 Å². The zero-order valence-corrected chi connectivity index (χ0v) is 10.2. The van der Waals surface area contributed by atoms with E-state index in [1.165, 1.54) is 0 Å². The first kappa shape index (κ1) is 13.4. The number of aliphatic hydroxyl groups excluding tert-OH is 3. The molecule has 1 saturated heterocycles. The normalized spacial score (nSPS) is 32.9. The quantitative estimate of drug-likeness (QED) is 0.543. The van der Waals surface area contributed by atoms with Gasteiger partial charge in [-0.15, -0.1) is 5.10 Å². The van der Waals surface area contributed by atoms with Gasteiger partial charge in [0, 0.05) is 6.26 Å². The van der Waals surface area contributed by atoms with E-state index in [1.54, 1.807) is 0 Å². The zero-order valence-electron chi connectivity index (χ0n) is 9.41. The van der Waals surface area contributed by atoms with E-state index in [0.717, 1.165) is 17.3 Å². The van der Waals surface area contributed by atoms with Gasteiger partial charge in [-0.3, -0.25) is 0 Å². The SMILES string of the molecule is CS(=O)(=O)c1ncn([C@H]2O[C@@H](CO)[C@@H](O)[C@@H]2O)n1. The Bertz CT molecular complexity index is 529. The summed E-state index contributed by atoms with van der Waals surface area (Å²) in [4.78, 5) is 3.57. The van der Waals surface area contributed by atoms with Gasteiger partial charge in [0.15, 0.2) is 6.23 Å². The predicted octanol–water partition coefficient (Wildman–Crippen LogP) is -2.71. The second-order valence-corrected chi connectivity index (χ2v) is 5.92. The Morgan fingerprint density at radius 1 is 1.44 bits per heavy atom. The molecule has 2 heterocycles. The first-order valence-corrected chi connectivity index (χ1v) is 6.97. The maximum Gasteiger partial charge on any atom is 0.266 e. The molecule has 18 heavy (non-hydrogen) atoms. The summed E-state index contributed by atoms with van der Waals surface area (Å²) in [6.07, 6.45) is -2.60. The van der Waals surface area contributed by atoms with Gasteiger partial charge in [0.25, 0.3) is 5.16 Å². The molecule has 10 heteroatoms. The summed E-state index contributed by atoms with van der Waals surface area (Å²) in [6.45, 7) is -0.470. The summed E-state index contributed by atoms with van der Waals surface area (Å²) >= 11 is 0. The zero-order chi connectivity index (χ0) is 13.5. The smallest absolute Gasteiger partial charge is 0.266 e. The molecular weight excluding hydrogens is 266 g/mol. The summed E-state index contributed by atoms with van der Waals surface area (Å²) in [5.74, 6) is 0. The van der Waals surface area contributed by atoms with Crippen molar-refractivity contribution >= 4 is 9.84 Å². The molecule has 1 aliphatic rings. The van der Waals surface area contributed by atoms with E-state index in [-0.39, 0.29) is 0 Å². The van der Waals surface area contributed by atoms with Gasteiger partial charge in [0.1, 0.15) is 24.6 Å². The van der Waals surface area contributed by atoms with Crippen LogP contribution < -0.4 is 0 Å². The summed E-state index contributed by atoms with van der Waals surface area (Å²) < 4.78 is 28.6. The molecule has 0 radical (unpaired) electrons. The lowest BCUT2D eigenvalue weighted by Gasteiger charge is -2.13. The van der Waals surface area contributed by atoms with Gasteiger partial charge in [-0.1, -0.05) is 0 Å². The average Bonchev–Trinajstić information content (AvgIpc) is 2.86. The molecular formula is C8H13N3O6S. The number of aromatic nitrogens is 3. The molecule has 4 atom stereocenters. The van der Waals surface area contributed by atoms with Crippen molar-refractivity contribution in [1.82, 2.24) is 14.8 Å². The van der Waals surface area contributed by atoms with Crippen LogP contribution in [0.1, 0.15) is 6.23 Å². The van der Waals surface area contributed by atoms with Crippen molar-refractivity contribution in [2.75, 3.05) is 12.9 Å². The third-order valence-corrected chi connectivity index (χ3v) is 3.45. The molecule has 3 N–H and O–H groups in total. The van der Waals surface area contributed by atoms with Gasteiger partial charge in [-0.25, -0.2) is 18.1 Å². The summed E-state index contributed by atoms with van der Waals surface area (Å²) in [5, 5.41) is 31.4. The standard InChI is InChI=1S/C8H13N3O6S/c1-18(15,16)8-9-3-11(10-8)7-6(14)5(13)4(2-12)17-7/h3-7,12-14H,2H2,1H3/t4-,5+,6-,7-/m0/s1. The van der Waals surface area contributed by atoms with Crippen molar-refractivity contribution in [3.63, 3.8) is 0 Å². The van der Waals surface area contributed by atoms with Gasteiger partial charge in [0.05, 0.1) is 6.61 Å². The van der Waals surface area contributed by atoms with Crippen molar-refractivity contribution in [2.24, 2.45) is 0 Å². The maximum absolute atomic E-state index is 11.2. The van der Waals surface area contributed by atoms with Crippen LogP contribution >= 0.6 is 0 Å². The minimum atomic E-state index is -3.55. The number of nitrogens with zero attached hydrogens (tertiary/aromatic N) is 3. The van der Waals surface area contributed by atoms with Crippen LogP contribution in [0.15, 0.2) is 11.5 Å². The first-order valence-electron chi connectivity index (χ1n) is 5.08. The molecule has 0 spiro atoms. The van der Waals surface area contributed by atoms with Gasteiger partial charge in [-0.2, -0.15) is 0 Å². The number of hydrogen-bond acceptors (Lipinski definition) is 8. The number of rotatable bonds is 3. The fourth-order valence-corrected chi connectivity index (χ4v) is 2.13. The van der Waals surface area contributed by atoms with E-state index in [0.29, 0.717) is 0 Å².